The molecule has 0 fully saturated rings. The van der Waals surface area contributed by atoms with E-state index < -0.39 is 0 Å². The number of benzene rings is 4. The Morgan fingerprint density at radius 2 is 1.63 bits per heavy atom. The Morgan fingerprint density at radius 3 is 2.29 bits per heavy atom. The predicted octanol–water partition coefficient (Wildman–Crippen LogP) is 9.29. The summed E-state index contributed by atoms with van der Waals surface area (Å²) in [5.74, 6) is 0.701. The van der Waals surface area contributed by atoms with Crippen molar-refractivity contribution in [1.82, 2.24) is 4.98 Å². The molecule has 5 rings (SSSR count). The number of nitrogens with zero attached hydrogens (tertiary/aromatic N) is 2. The van der Waals surface area contributed by atoms with Gasteiger partial charge in [0.05, 0.1) is 30.4 Å². The van der Waals surface area contributed by atoms with Gasteiger partial charge < -0.3 is 9.64 Å². The number of hydrogen-bond acceptors (Lipinski definition) is 3. The van der Waals surface area contributed by atoms with Crippen LogP contribution in [0, 0.1) is 5.82 Å². The molecule has 6 heteroatoms. The molecule has 0 radical (unpaired) electrons. The average Bonchev–Trinajstić information content (AvgIpc) is 2.99. The van der Waals surface area contributed by atoms with Crippen molar-refractivity contribution >= 4 is 50.6 Å². The van der Waals surface area contributed by atoms with Crippen LogP contribution >= 0.6 is 15.9 Å². The molecule has 1 heterocycles. The number of aromatic nitrogens is 1. The summed E-state index contributed by atoms with van der Waals surface area (Å²) in [5, 5.41) is 0.747. The van der Waals surface area contributed by atoms with Gasteiger partial charge in [-0.2, -0.15) is 0 Å². The Bertz CT molecular complexity index is 1700. The summed E-state index contributed by atoms with van der Waals surface area (Å²) in [6.07, 6.45) is 3.70. The van der Waals surface area contributed by atoms with Crippen LogP contribution in [0.1, 0.15) is 52.5 Å². The zero-order chi connectivity index (χ0) is 28.9. The van der Waals surface area contributed by atoms with Crippen LogP contribution in [0.5, 0.6) is 5.75 Å². The third-order valence-corrected chi connectivity index (χ3v) is 7.45. The molecule has 206 valence electrons. The first-order valence-corrected chi connectivity index (χ1v) is 14.2. The van der Waals surface area contributed by atoms with Gasteiger partial charge in [-0.15, -0.1) is 0 Å². The third kappa shape index (κ3) is 6.72. The molecule has 5 aromatic rings. The number of pyridine rings is 1. The lowest BCUT2D eigenvalue weighted by molar-refractivity contribution is 0.0986. The minimum absolute atomic E-state index is 0.148. The zero-order valence-corrected chi connectivity index (χ0v) is 24.7. The Morgan fingerprint density at radius 1 is 0.927 bits per heavy atom. The van der Waals surface area contributed by atoms with Gasteiger partial charge in [-0.3, -0.25) is 4.79 Å². The molecule has 1 aromatic heterocycles. The predicted molar refractivity (Wildman–Crippen MR) is 169 cm³/mol. The highest BCUT2D eigenvalue weighted by Crippen LogP contribution is 2.29. The average molecular weight is 610 g/mol. The van der Waals surface area contributed by atoms with Crippen molar-refractivity contribution < 1.29 is 13.9 Å². The largest absolute Gasteiger partial charge is 0.497 e. The van der Waals surface area contributed by atoms with Crippen LogP contribution in [0.2, 0.25) is 0 Å². The fourth-order valence-corrected chi connectivity index (χ4v) is 4.98. The molecular weight excluding hydrogens is 579 g/mol. The topological polar surface area (TPSA) is 42.4 Å². The van der Waals surface area contributed by atoms with E-state index in [0.29, 0.717) is 35.0 Å². The minimum atomic E-state index is -0.290. The second-order valence-electron chi connectivity index (χ2n) is 10.1. The summed E-state index contributed by atoms with van der Waals surface area (Å²) >= 11 is 3.56. The zero-order valence-electron chi connectivity index (χ0n) is 23.1. The van der Waals surface area contributed by atoms with E-state index in [2.05, 4.69) is 54.0 Å². The first-order valence-electron chi connectivity index (χ1n) is 13.4. The monoisotopic (exact) mass is 608 g/mol. The maximum atomic E-state index is 14.5. The van der Waals surface area contributed by atoms with Gasteiger partial charge in [0.2, 0.25) is 0 Å². The van der Waals surface area contributed by atoms with E-state index in [1.165, 1.54) is 17.7 Å². The molecule has 4 nitrogen and oxygen atoms in total. The molecule has 0 saturated heterocycles. The Labute approximate surface area is 248 Å². The maximum Gasteiger partial charge on any atom is 0.259 e. The fourth-order valence-electron chi connectivity index (χ4n) is 4.61. The lowest BCUT2D eigenvalue weighted by Crippen LogP contribution is -2.30. The number of rotatable bonds is 8. The Kier molecular flexibility index (Phi) is 8.60. The van der Waals surface area contributed by atoms with Crippen LogP contribution in [0.15, 0.2) is 102 Å². The third-order valence-electron chi connectivity index (χ3n) is 6.95. The van der Waals surface area contributed by atoms with Gasteiger partial charge in [-0.1, -0.05) is 72.3 Å². The Balaban J connectivity index is 1.59. The molecule has 0 aliphatic heterocycles. The highest BCUT2D eigenvalue weighted by molar-refractivity contribution is 9.10. The van der Waals surface area contributed by atoms with Crippen molar-refractivity contribution in [3.63, 3.8) is 0 Å². The van der Waals surface area contributed by atoms with Gasteiger partial charge in [-0.25, -0.2) is 9.37 Å². The van der Waals surface area contributed by atoms with Gasteiger partial charge in [0.25, 0.3) is 5.91 Å². The van der Waals surface area contributed by atoms with E-state index >= 15 is 0 Å². The lowest BCUT2D eigenvalue weighted by Gasteiger charge is -2.24. The number of halogens is 2. The van der Waals surface area contributed by atoms with Gasteiger partial charge >= 0.3 is 0 Å². The standard InChI is InChI=1S/C35H30BrFN2O2/c1-23(2)26-9-4-25(5-10-26)22-39(30-15-17-31(41-3)18-16-30)35(40)33-21-29(14-8-24-6-12-28(37)13-7-24)38-34-19-11-27(36)20-32(33)34/h4-21,23H,22H2,1-3H3/b14-8+. The van der Waals surface area contributed by atoms with E-state index in [0.717, 1.165) is 26.7 Å². The van der Waals surface area contributed by atoms with E-state index in [9.17, 15) is 9.18 Å². The van der Waals surface area contributed by atoms with E-state index in [1.807, 2.05) is 60.7 Å². The normalized spacial score (nSPS) is 11.4. The molecule has 0 N–H and O–H groups in total. The van der Waals surface area contributed by atoms with Crippen LogP contribution in [0.25, 0.3) is 23.1 Å². The maximum absolute atomic E-state index is 14.5. The van der Waals surface area contributed by atoms with Crippen molar-refractivity contribution in [3.05, 3.63) is 135 Å². The molecule has 0 unspecified atom stereocenters. The van der Waals surface area contributed by atoms with Crippen molar-refractivity contribution in [3.8, 4) is 5.75 Å². The number of fused-ring (bicyclic) bond motifs is 1. The molecule has 41 heavy (non-hydrogen) atoms. The first-order chi connectivity index (χ1) is 19.8. The van der Waals surface area contributed by atoms with E-state index in [-0.39, 0.29) is 11.7 Å². The van der Waals surface area contributed by atoms with Gasteiger partial charge in [0.1, 0.15) is 11.6 Å². The molecule has 0 aliphatic rings. The number of amides is 1. The number of hydrogen-bond donors (Lipinski definition) is 0. The van der Waals surface area contributed by atoms with Gasteiger partial charge in [0, 0.05) is 15.5 Å². The van der Waals surface area contributed by atoms with Crippen LogP contribution in [-0.2, 0) is 6.54 Å². The molecule has 1 amide bonds. The quantitative estimate of drug-likeness (QED) is 0.176. The number of carbonyl (C=O) groups excluding carboxylic acids is 1. The SMILES string of the molecule is COc1ccc(N(Cc2ccc(C(C)C)cc2)C(=O)c2cc(/C=C/c3ccc(F)cc3)nc3ccc(Br)cc23)cc1. The second kappa shape index (κ2) is 12.5. The summed E-state index contributed by atoms with van der Waals surface area (Å²) in [7, 11) is 1.62. The summed E-state index contributed by atoms with van der Waals surface area (Å²) in [5.41, 5.74) is 5.73. The lowest BCUT2D eigenvalue weighted by atomic mass is 10.0. The summed E-state index contributed by atoms with van der Waals surface area (Å²) < 4.78 is 19.6. The highest BCUT2D eigenvalue weighted by atomic mass is 79.9. The molecule has 0 saturated carbocycles. The van der Waals surface area contributed by atoms with E-state index in [4.69, 9.17) is 9.72 Å². The smallest absolute Gasteiger partial charge is 0.259 e. The summed E-state index contributed by atoms with van der Waals surface area (Å²) in [6, 6.07) is 29.7. The first kappa shape index (κ1) is 28.2. The summed E-state index contributed by atoms with van der Waals surface area (Å²) in [6.45, 7) is 4.72. The van der Waals surface area contributed by atoms with Crippen LogP contribution < -0.4 is 9.64 Å². The molecule has 0 atom stereocenters. The van der Waals surface area contributed by atoms with Crippen LogP contribution in [0.3, 0.4) is 0 Å². The molecule has 0 spiro atoms. The minimum Gasteiger partial charge on any atom is -0.497 e. The molecule has 0 bridgehead atoms. The molecule has 4 aromatic carbocycles. The molecular formula is C35H30BrFN2O2. The highest BCUT2D eigenvalue weighted by Gasteiger charge is 2.22. The van der Waals surface area contributed by atoms with Crippen molar-refractivity contribution in [1.29, 1.82) is 0 Å². The van der Waals surface area contributed by atoms with E-state index in [1.54, 1.807) is 24.1 Å². The summed E-state index contributed by atoms with van der Waals surface area (Å²) in [4.78, 5) is 21.0. The number of carbonyl (C=O) groups is 1. The van der Waals surface area contributed by atoms with Crippen molar-refractivity contribution in [2.75, 3.05) is 12.0 Å². The second-order valence-corrected chi connectivity index (χ2v) is 11.0. The number of methoxy groups -OCH3 is 1. The molecule has 0 aliphatic carbocycles. The van der Waals surface area contributed by atoms with Gasteiger partial charge in [0.15, 0.2) is 0 Å². The van der Waals surface area contributed by atoms with Crippen molar-refractivity contribution in [2.45, 2.75) is 26.3 Å². The van der Waals surface area contributed by atoms with Gasteiger partial charge in [-0.05, 0) is 89.3 Å². The Hall–Kier alpha value is -4.29. The van der Waals surface area contributed by atoms with Crippen LogP contribution in [0.4, 0.5) is 10.1 Å². The van der Waals surface area contributed by atoms with Crippen molar-refractivity contribution in [2.24, 2.45) is 0 Å². The number of anilines is 1. The fraction of sp³-hybridized carbons (Fsp3) is 0.143. The number of ether oxygens (including phenoxy) is 1. The van der Waals surface area contributed by atoms with Crippen LogP contribution in [-0.4, -0.2) is 18.0 Å².